The molecule has 1 heterocycles. The fourth-order valence-electron chi connectivity index (χ4n) is 3.42. The number of rotatable bonds is 8. The maximum Gasteiger partial charge on any atom is 0.269 e. The molecule has 0 bridgehead atoms. The van der Waals surface area contributed by atoms with Crippen molar-refractivity contribution in [1.82, 2.24) is 5.32 Å². The predicted molar refractivity (Wildman–Crippen MR) is 110 cm³/mol. The molecule has 1 fully saturated rings. The monoisotopic (exact) mass is 400 g/mol. The number of hydrogen-bond donors (Lipinski definition) is 1. The lowest BCUT2D eigenvalue weighted by molar-refractivity contribution is -0.384. The molecule has 148 valence electrons. The summed E-state index contributed by atoms with van der Waals surface area (Å²) < 4.78 is 5.53. The van der Waals surface area contributed by atoms with Crippen molar-refractivity contribution in [1.29, 1.82) is 0 Å². The van der Waals surface area contributed by atoms with Gasteiger partial charge in [0.2, 0.25) is 5.91 Å². The highest BCUT2D eigenvalue weighted by Crippen LogP contribution is 2.34. The lowest BCUT2D eigenvalue weighted by Gasteiger charge is -2.38. The number of non-ortho nitro benzene ring substituents is 1. The van der Waals surface area contributed by atoms with Gasteiger partial charge in [-0.15, -0.1) is 11.8 Å². The Kier molecular flexibility index (Phi) is 7.06. The maximum atomic E-state index is 12.3. The van der Waals surface area contributed by atoms with Gasteiger partial charge in [-0.3, -0.25) is 14.9 Å². The molecule has 0 radical (unpaired) electrons. The minimum atomic E-state index is -0.413. The van der Waals surface area contributed by atoms with Crippen LogP contribution >= 0.6 is 11.8 Å². The van der Waals surface area contributed by atoms with Crippen LogP contribution in [0.1, 0.15) is 24.0 Å². The van der Waals surface area contributed by atoms with Crippen molar-refractivity contribution >= 4 is 23.4 Å². The van der Waals surface area contributed by atoms with Crippen LogP contribution in [0, 0.1) is 10.1 Å². The van der Waals surface area contributed by atoms with Gasteiger partial charge in [0.25, 0.3) is 5.69 Å². The quantitative estimate of drug-likeness (QED) is 0.540. The summed E-state index contributed by atoms with van der Waals surface area (Å²) in [7, 11) is 0. The summed E-state index contributed by atoms with van der Waals surface area (Å²) in [4.78, 5) is 22.6. The van der Waals surface area contributed by atoms with Gasteiger partial charge in [-0.2, -0.15) is 0 Å². The molecule has 1 aliphatic heterocycles. The molecule has 0 aromatic heterocycles. The van der Waals surface area contributed by atoms with Crippen LogP contribution in [-0.4, -0.2) is 36.3 Å². The first-order chi connectivity index (χ1) is 13.6. The van der Waals surface area contributed by atoms with Crippen LogP contribution in [0.15, 0.2) is 54.6 Å². The van der Waals surface area contributed by atoms with Crippen LogP contribution in [0.5, 0.6) is 0 Å². The number of nitro benzene ring substituents is 1. The molecule has 7 heteroatoms. The number of nitrogens with zero attached hydrogens (tertiary/aromatic N) is 1. The largest absolute Gasteiger partial charge is 0.381 e. The van der Waals surface area contributed by atoms with Crippen LogP contribution in [0.25, 0.3) is 0 Å². The van der Waals surface area contributed by atoms with Gasteiger partial charge in [0, 0.05) is 43.1 Å². The van der Waals surface area contributed by atoms with Crippen LogP contribution in [0.3, 0.4) is 0 Å². The lowest BCUT2D eigenvalue weighted by Crippen LogP contribution is -2.45. The summed E-state index contributed by atoms with van der Waals surface area (Å²) in [6.07, 6.45) is 1.79. The second kappa shape index (κ2) is 9.71. The first-order valence-corrected chi connectivity index (χ1v) is 10.5. The predicted octanol–water partition coefficient (Wildman–Crippen LogP) is 3.69. The highest BCUT2D eigenvalue weighted by Gasteiger charge is 2.34. The molecule has 0 spiro atoms. The Bertz CT molecular complexity index is 790. The van der Waals surface area contributed by atoms with Crippen LogP contribution in [0.2, 0.25) is 0 Å². The highest BCUT2D eigenvalue weighted by molar-refractivity contribution is 7.99. The van der Waals surface area contributed by atoms with Crippen molar-refractivity contribution in [2.75, 3.05) is 25.5 Å². The zero-order valence-corrected chi connectivity index (χ0v) is 16.5. The molecule has 2 aromatic carbocycles. The first-order valence-electron chi connectivity index (χ1n) is 9.30. The van der Waals surface area contributed by atoms with Gasteiger partial charge in [0.05, 0.1) is 10.7 Å². The average molecular weight is 401 g/mol. The van der Waals surface area contributed by atoms with E-state index in [0.29, 0.717) is 31.3 Å². The molecule has 1 amide bonds. The van der Waals surface area contributed by atoms with E-state index in [-0.39, 0.29) is 17.0 Å². The molecule has 0 atom stereocenters. The van der Waals surface area contributed by atoms with Gasteiger partial charge >= 0.3 is 0 Å². The minimum absolute atomic E-state index is 0.00806. The summed E-state index contributed by atoms with van der Waals surface area (Å²) in [6.45, 7) is 2.02. The zero-order valence-electron chi connectivity index (χ0n) is 15.6. The van der Waals surface area contributed by atoms with E-state index in [1.165, 1.54) is 29.5 Å². The maximum absolute atomic E-state index is 12.3. The lowest BCUT2D eigenvalue weighted by atomic mass is 9.74. The summed E-state index contributed by atoms with van der Waals surface area (Å²) in [5, 5.41) is 13.8. The fraction of sp³-hybridized carbons (Fsp3) is 0.381. The number of amides is 1. The number of ether oxygens (including phenoxy) is 1. The standard InChI is InChI=1S/C21H24N2O4S/c24-20(15-28-14-17-6-8-19(9-7-17)23(25)26)22-16-21(10-12-27-13-11-21)18-4-2-1-3-5-18/h1-9H,10-16H2,(H,22,24). The summed E-state index contributed by atoms with van der Waals surface area (Å²) >= 11 is 1.50. The van der Waals surface area contributed by atoms with Crippen LogP contribution in [0.4, 0.5) is 5.69 Å². The van der Waals surface area contributed by atoms with Gasteiger partial charge in [0.15, 0.2) is 0 Å². The van der Waals surface area contributed by atoms with Crippen molar-refractivity contribution in [3.8, 4) is 0 Å². The summed E-state index contributed by atoms with van der Waals surface area (Å²) in [6, 6.07) is 16.8. The van der Waals surface area contributed by atoms with Crippen molar-refractivity contribution in [3.05, 3.63) is 75.8 Å². The topological polar surface area (TPSA) is 81.5 Å². The highest BCUT2D eigenvalue weighted by atomic mass is 32.2. The fourth-order valence-corrected chi connectivity index (χ4v) is 4.23. The third-order valence-electron chi connectivity index (χ3n) is 5.11. The van der Waals surface area contributed by atoms with Crippen molar-refractivity contribution in [2.24, 2.45) is 0 Å². The molecular weight excluding hydrogens is 376 g/mol. The Morgan fingerprint density at radius 1 is 1.11 bits per heavy atom. The molecule has 1 saturated heterocycles. The molecule has 0 saturated carbocycles. The Morgan fingerprint density at radius 3 is 2.43 bits per heavy atom. The normalized spacial score (nSPS) is 15.7. The molecule has 0 aliphatic carbocycles. The van der Waals surface area contributed by atoms with Gasteiger partial charge in [-0.1, -0.05) is 42.5 Å². The van der Waals surface area contributed by atoms with Gasteiger partial charge in [-0.25, -0.2) is 0 Å². The number of nitro groups is 1. The van der Waals surface area contributed by atoms with Gasteiger partial charge in [-0.05, 0) is 24.0 Å². The van der Waals surface area contributed by atoms with E-state index < -0.39 is 4.92 Å². The molecule has 2 aromatic rings. The molecule has 3 rings (SSSR count). The van der Waals surface area contributed by atoms with Crippen LogP contribution in [-0.2, 0) is 20.7 Å². The third-order valence-corrected chi connectivity index (χ3v) is 6.11. The number of benzene rings is 2. The third kappa shape index (κ3) is 5.33. The number of carbonyl (C=O) groups excluding carboxylic acids is 1. The number of thioether (sulfide) groups is 1. The Balaban J connectivity index is 1.49. The molecule has 6 nitrogen and oxygen atoms in total. The molecule has 28 heavy (non-hydrogen) atoms. The minimum Gasteiger partial charge on any atom is -0.381 e. The SMILES string of the molecule is O=C(CSCc1ccc([N+](=O)[O-])cc1)NCC1(c2ccccc2)CCOCC1. The Morgan fingerprint density at radius 2 is 1.79 bits per heavy atom. The number of carbonyl (C=O) groups is 1. The average Bonchev–Trinajstić information content (AvgIpc) is 2.74. The van der Waals surface area contributed by atoms with Crippen molar-refractivity contribution in [3.63, 3.8) is 0 Å². The molecule has 1 N–H and O–H groups in total. The van der Waals surface area contributed by atoms with Gasteiger partial charge in [0.1, 0.15) is 0 Å². The van der Waals surface area contributed by atoms with E-state index in [1.54, 1.807) is 12.1 Å². The zero-order chi connectivity index (χ0) is 19.8. The van der Waals surface area contributed by atoms with E-state index in [4.69, 9.17) is 4.74 Å². The van der Waals surface area contributed by atoms with E-state index in [9.17, 15) is 14.9 Å². The summed E-state index contributed by atoms with van der Waals surface area (Å²) in [5.41, 5.74) is 2.22. The Labute approximate surface area is 168 Å². The van der Waals surface area contributed by atoms with E-state index in [0.717, 1.165) is 18.4 Å². The van der Waals surface area contributed by atoms with Crippen molar-refractivity contribution in [2.45, 2.75) is 24.0 Å². The van der Waals surface area contributed by atoms with Gasteiger partial charge < -0.3 is 10.1 Å². The van der Waals surface area contributed by atoms with E-state index in [1.807, 2.05) is 18.2 Å². The first kappa shape index (κ1) is 20.4. The number of nitrogens with one attached hydrogen (secondary N) is 1. The smallest absolute Gasteiger partial charge is 0.269 e. The van der Waals surface area contributed by atoms with Crippen molar-refractivity contribution < 1.29 is 14.5 Å². The molecule has 0 unspecified atom stereocenters. The van der Waals surface area contributed by atoms with E-state index in [2.05, 4.69) is 17.4 Å². The molecule has 1 aliphatic rings. The Hall–Kier alpha value is -2.38. The second-order valence-corrected chi connectivity index (χ2v) is 7.94. The number of hydrogen-bond acceptors (Lipinski definition) is 5. The van der Waals surface area contributed by atoms with E-state index >= 15 is 0 Å². The molecular formula is C21H24N2O4S. The summed E-state index contributed by atoms with van der Waals surface area (Å²) in [5.74, 6) is 1.01. The second-order valence-electron chi connectivity index (χ2n) is 6.95. The van der Waals surface area contributed by atoms with Crippen LogP contribution < -0.4 is 5.32 Å².